The van der Waals surface area contributed by atoms with Crippen LogP contribution in [0.1, 0.15) is 56.5 Å². The van der Waals surface area contributed by atoms with Gasteiger partial charge in [0.15, 0.2) is 0 Å². The van der Waals surface area contributed by atoms with Crippen molar-refractivity contribution in [3.63, 3.8) is 0 Å². The molecule has 1 saturated heterocycles. The van der Waals surface area contributed by atoms with E-state index in [0.29, 0.717) is 22.9 Å². The lowest BCUT2D eigenvalue weighted by Gasteiger charge is -2.24. The molecule has 33 heavy (non-hydrogen) atoms. The Bertz CT molecular complexity index is 1160. The number of benzene rings is 3. The highest BCUT2D eigenvalue weighted by atomic mass is 35.5. The average molecular weight is 479 g/mol. The summed E-state index contributed by atoms with van der Waals surface area (Å²) in [6.07, 6.45) is 0. The molecule has 0 bridgehead atoms. The minimum absolute atomic E-state index is 0.0700. The van der Waals surface area contributed by atoms with Crippen LogP contribution in [0.3, 0.4) is 0 Å². The molecule has 0 aliphatic carbocycles. The van der Waals surface area contributed by atoms with Crippen molar-refractivity contribution in [3.05, 3.63) is 105 Å². The Hall–Kier alpha value is -2.76. The minimum Gasteiger partial charge on any atom is -0.346 e. The maximum atomic E-state index is 12.8. The molecular formula is C27H27ClN2O2S. The molecule has 0 radical (unpaired) electrons. The first-order valence-corrected chi connectivity index (χ1v) is 12.4. The maximum absolute atomic E-state index is 12.8. The summed E-state index contributed by atoms with van der Waals surface area (Å²) in [7, 11) is 0. The summed E-state index contributed by atoms with van der Waals surface area (Å²) in [4.78, 5) is 27.2. The second-order valence-electron chi connectivity index (χ2n) is 8.49. The van der Waals surface area contributed by atoms with Crippen LogP contribution in [0.15, 0.2) is 66.7 Å². The van der Waals surface area contributed by atoms with E-state index in [0.717, 1.165) is 16.7 Å². The summed E-state index contributed by atoms with van der Waals surface area (Å²) in [5.41, 5.74) is 6.15. The van der Waals surface area contributed by atoms with Crippen LogP contribution in [-0.4, -0.2) is 22.5 Å². The van der Waals surface area contributed by atoms with Crippen molar-refractivity contribution < 1.29 is 9.59 Å². The molecule has 1 fully saturated rings. The number of rotatable bonds is 6. The van der Waals surface area contributed by atoms with Crippen LogP contribution < -0.4 is 5.32 Å². The van der Waals surface area contributed by atoms with E-state index in [9.17, 15) is 9.59 Å². The fourth-order valence-corrected chi connectivity index (χ4v) is 5.47. The molecule has 2 unspecified atom stereocenters. The van der Waals surface area contributed by atoms with Crippen LogP contribution in [0, 0.1) is 13.8 Å². The van der Waals surface area contributed by atoms with Gasteiger partial charge in [0.05, 0.1) is 11.8 Å². The Labute approximate surface area is 204 Å². The third-order valence-corrected chi connectivity index (χ3v) is 7.44. The van der Waals surface area contributed by atoms with E-state index in [4.69, 9.17) is 11.6 Å². The first-order valence-electron chi connectivity index (χ1n) is 11.0. The molecule has 1 N–H and O–H groups in total. The van der Waals surface area contributed by atoms with Crippen LogP contribution in [0.2, 0.25) is 5.02 Å². The number of nitrogens with one attached hydrogen (secondary N) is 1. The molecule has 6 heteroatoms. The average Bonchev–Trinajstić information content (AvgIpc) is 3.15. The molecule has 1 heterocycles. The highest BCUT2D eigenvalue weighted by Crippen LogP contribution is 2.39. The Morgan fingerprint density at radius 3 is 2.45 bits per heavy atom. The van der Waals surface area contributed by atoms with E-state index in [1.165, 1.54) is 11.1 Å². The Morgan fingerprint density at radius 1 is 1.09 bits per heavy atom. The molecule has 3 aromatic carbocycles. The van der Waals surface area contributed by atoms with E-state index >= 15 is 0 Å². The lowest BCUT2D eigenvalue weighted by Crippen LogP contribution is -2.28. The first kappa shape index (κ1) is 23.4. The van der Waals surface area contributed by atoms with Crippen molar-refractivity contribution in [2.75, 3.05) is 5.75 Å². The lowest BCUT2D eigenvalue weighted by atomic mass is 10.00. The van der Waals surface area contributed by atoms with Gasteiger partial charge in [0.1, 0.15) is 5.37 Å². The van der Waals surface area contributed by atoms with Gasteiger partial charge in [0, 0.05) is 17.1 Å². The number of carbonyl (C=O) groups is 2. The number of carbonyl (C=O) groups excluding carboxylic acids is 2. The monoisotopic (exact) mass is 478 g/mol. The van der Waals surface area contributed by atoms with Crippen molar-refractivity contribution in [1.29, 1.82) is 0 Å². The normalized spacial score (nSPS) is 16.7. The van der Waals surface area contributed by atoms with Gasteiger partial charge in [-0.2, -0.15) is 0 Å². The number of halogens is 1. The second-order valence-corrected chi connectivity index (χ2v) is 9.99. The van der Waals surface area contributed by atoms with Gasteiger partial charge in [-0.05, 0) is 67.3 Å². The van der Waals surface area contributed by atoms with E-state index in [1.54, 1.807) is 11.8 Å². The summed E-state index contributed by atoms with van der Waals surface area (Å²) < 4.78 is 0. The fourth-order valence-electron chi connectivity index (χ4n) is 4.16. The van der Waals surface area contributed by atoms with Crippen molar-refractivity contribution in [3.8, 4) is 0 Å². The van der Waals surface area contributed by atoms with Crippen LogP contribution in [0.25, 0.3) is 0 Å². The summed E-state index contributed by atoms with van der Waals surface area (Å²) in [6.45, 7) is 6.66. The molecule has 0 saturated carbocycles. The second kappa shape index (κ2) is 10.0. The maximum Gasteiger partial charge on any atom is 0.251 e. The third kappa shape index (κ3) is 5.43. The van der Waals surface area contributed by atoms with Gasteiger partial charge in [-0.25, -0.2) is 0 Å². The van der Waals surface area contributed by atoms with Gasteiger partial charge in [0.2, 0.25) is 5.91 Å². The first-order chi connectivity index (χ1) is 15.8. The predicted molar refractivity (Wildman–Crippen MR) is 135 cm³/mol. The van der Waals surface area contributed by atoms with Gasteiger partial charge in [-0.1, -0.05) is 59.6 Å². The molecule has 170 valence electrons. The standard InChI is InChI=1S/C27H27ClN2O2S/c1-17-4-13-24(18(2)14-17)19(3)29-26(32)21-7-9-22(10-8-21)27-30(25(31)16-33-27)15-20-5-11-23(28)12-6-20/h4-14,19,27H,15-16H2,1-3H3,(H,29,32). The lowest BCUT2D eigenvalue weighted by molar-refractivity contribution is -0.128. The van der Waals surface area contributed by atoms with Gasteiger partial charge < -0.3 is 10.2 Å². The predicted octanol–water partition coefficient (Wildman–Crippen LogP) is 6.22. The van der Waals surface area contributed by atoms with Crippen molar-refractivity contribution >= 4 is 35.2 Å². The highest BCUT2D eigenvalue weighted by Gasteiger charge is 2.32. The number of hydrogen-bond donors (Lipinski definition) is 1. The summed E-state index contributed by atoms with van der Waals surface area (Å²) in [5, 5.41) is 3.70. The molecule has 4 rings (SSSR count). The molecule has 0 spiro atoms. The zero-order chi connectivity index (χ0) is 23.5. The van der Waals surface area contributed by atoms with Crippen LogP contribution in [0.5, 0.6) is 0 Å². The van der Waals surface area contributed by atoms with Gasteiger partial charge in [0.25, 0.3) is 5.91 Å². The molecular weight excluding hydrogens is 452 g/mol. The number of nitrogens with zero attached hydrogens (tertiary/aromatic N) is 1. The van der Waals surface area contributed by atoms with Crippen molar-refractivity contribution in [2.45, 2.75) is 38.7 Å². The zero-order valence-corrected chi connectivity index (χ0v) is 20.5. The van der Waals surface area contributed by atoms with E-state index in [2.05, 4.69) is 37.4 Å². The number of amides is 2. The highest BCUT2D eigenvalue weighted by molar-refractivity contribution is 8.00. The number of hydrogen-bond acceptors (Lipinski definition) is 3. The molecule has 1 aliphatic rings. The van der Waals surface area contributed by atoms with Crippen LogP contribution >= 0.6 is 23.4 Å². The molecule has 3 aromatic rings. The van der Waals surface area contributed by atoms with E-state index in [1.807, 2.05) is 60.4 Å². The zero-order valence-electron chi connectivity index (χ0n) is 19.0. The quantitative estimate of drug-likeness (QED) is 0.457. The molecule has 1 aliphatic heterocycles. The van der Waals surface area contributed by atoms with Gasteiger partial charge >= 0.3 is 0 Å². The largest absolute Gasteiger partial charge is 0.346 e. The minimum atomic E-state index is -0.109. The van der Waals surface area contributed by atoms with Crippen molar-refractivity contribution in [2.24, 2.45) is 0 Å². The number of aryl methyl sites for hydroxylation is 2. The van der Waals surface area contributed by atoms with Gasteiger partial charge in [-0.15, -0.1) is 11.8 Å². The topological polar surface area (TPSA) is 49.4 Å². The smallest absolute Gasteiger partial charge is 0.251 e. The summed E-state index contributed by atoms with van der Waals surface area (Å²) >= 11 is 7.59. The molecule has 2 amide bonds. The van der Waals surface area contributed by atoms with E-state index in [-0.39, 0.29) is 23.2 Å². The molecule has 4 nitrogen and oxygen atoms in total. The summed E-state index contributed by atoms with van der Waals surface area (Å²) in [6, 6.07) is 21.3. The Morgan fingerprint density at radius 2 is 1.79 bits per heavy atom. The fraction of sp³-hybridized carbons (Fsp3) is 0.259. The summed E-state index contributed by atoms with van der Waals surface area (Å²) in [5.74, 6) is 0.458. The van der Waals surface area contributed by atoms with E-state index < -0.39 is 0 Å². The molecule has 0 aromatic heterocycles. The SMILES string of the molecule is Cc1ccc(C(C)NC(=O)c2ccc(C3SCC(=O)N3Cc3ccc(Cl)cc3)cc2)c(C)c1. The third-order valence-electron chi connectivity index (χ3n) is 5.93. The van der Waals surface area contributed by atoms with Crippen molar-refractivity contribution in [1.82, 2.24) is 10.2 Å². The number of thioether (sulfide) groups is 1. The van der Waals surface area contributed by atoms with Crippen LogP contribution in [-0.2, 0) is 11.3 Å². The Kier molecular flexibility index (Phi) is 7.11. The Balaban J connectivity index is 1.44. The molecule has 2 atom stereocenters. The van der Waals surface area contributed by atoms with Crippen LogP contribution in [0.4, 0.5) is 0 Å². The van der Waals surface area contributed by atoms with Gasteiger partial charge in [-0.3, -0.25) is 9.59 Å².